The van der Waals surface area contributed by atoms with Gasteiger partial charge in [-0.1, -0.05) is 6.92 Å². The average Bonchev–Trinajstić information content (AvgIpc) is 1.85. The van der Waals surface area contributed by atoms with E-state index in [9.17, 15) is 9.36 Å². The molecule has 0 aliphatic heterocycles. The molecule has 0 rings (SSSR count). The molecule has 0 aliphatic rings. The van der Waals surface area contributed by atoms with Crippen LogP contribution in [0.2, 0.25) is 0 Å². The summed E-state index contributed by atoms with van der Waals surface area (Å²) in [5.41, 5.74) is 0. The fraction of sp³-hybridized carbons (Fsp3) is 0.800. The van der Waals surface area contributed by atoms with Crippen LogP contribution in [-0.2, 0) is 13.9 Å². The molecule has 0 spiro atoms. The number of phosphoric acid groups is 1. The Bertz CT molecular complexity index is 172. The fourth-order valence-electron chi connectivity index (χ4n) is 0.455. The lowest BCUT2D eigenvalue weighted by Gasteiger charge is -2.02. The van der Waals surface area contributed by atoms with Crippen molar-refractivity contribution in [1.29, 1.82) is 0 Å². The van der Waals surface area contributed by atoms with Crippen molar-refractivity contribution < 1.29 is 23.7 Å². The van der Waals surface area contributed by atoms with Crippen LogP contribution in [0.15, 0.2) is 0 Å². The number of Topliss-reactive ketones (excluding diaryl/α,β-unsaturated/α-hetero) is 1. The molecule has 0 aromatic heterocycles. The molecule has 0 unspecified atom stereocenters. The molecule has 0 aromatic rings. The van der Waals surface area contributed by atoms with Gasteiger partial charge in [-0.25, -0.2) is 4.57 Å². The van der Waals surface area contributed by atoms with E-state index in [-0.39, 0.29) is 18.8 Å². The monoisotopic (exact) mass is 182 g/mol. The molecule has 0 saturated heterocycles. The van der Waals surface area contributed by atoms with E-state index in [0.29, 0.717) is 6.42 Å². The predicted octanol–water partition coefficient (Wildman–Crippen LogP) is 0.465. The largest absolute Gasteiger partial charge is 0.469 e. The quantitative estimate of drug-likeness (QED) is 0.603. The Morgan fingerprint density at radius 2 is 2.09 bits per heavy atom. The third-order valence-corrected chi connectivity index (χ3v) is 1.55. The van der Waals surface area contributed by atoms with Gasteiger partial charge < -0.3 is 9.79 Å². The summed E-state index contributed by atoms with van der Waals surface area (Å²) in [6.45, 7) is 1.47. The zero-order chi connectivity index (χ0) is 8.91. The highest BCUT2D eigenvalue weighted by Crippen LogP contribution is 2.35. The maximum absolute atomic E-state index is 10.6. The summed E-state index contributed by atoms with van der Waals surface area (Å²) in [5, 5.41) is 0. The van der Waals surface area contributed by atoms with E-state index in [2.05, 4.69) is 4.52 Å². The summed E-state index contributed by atoms with van der Waals surface area (Å²) >= 11 is 0. The van der Waals surface area contributed by atoms with E-state index < -0.39 is 7.82 Å². The van der Waals surface area contributed by atoms with E-state index in [1.165, 1.54) is 0 Å². The molecular formula is C5H11O5P. The van der Waals surface area contributed by atoms with Crippen LogP contribution in [0.4, 0.5) is 0 Å². The molecule has 5 nitrogen and oxygen atoms in total. The van der Waals surface area contributed by atoms with Crippen molar-refractivity contribution in [2.24, 2.45) is 0 Å². The predicted molar refractivity (Wildman–Crippen MR) is 37.9 cm³/mol. The maximum atomic E-state index is 10.6. The molecule has 11 heavy (non-hydrogen) atoms. The van der Waals surface area contributed by atoms with E-state index in [4.69, 9.17) is 9.79 Å². The third kappa shape index (κ3) is 7.68. The standard InChI is InChI=1S/C5H11O5P/c1-2-5(6)3-4-10-11(7,8)9/h2-4H2,1H3,(H2,7,8,9). The van der Waals surface area contributed by atoms with Crippen LogP contribution < -0.4 is 0 Å². The molecule has 0 aromatic carbocycles. The number of carbonyl (C=O) groups is 1. The lowest BCUT2D eigenvalue weighted by Crippen LogP contribution is -2.01. The number of rotatable bonds is 5. The van der Waals surface area contributed by atoms with Gasteiger partial charge in [0, 0.05) is 12.8 Å². The Hall–Kier alpha value is -0.220. The molecule has 0 fully saturated rings. The zero-order valence-corrected chi connectivity index (χ0v) is 7.08. The Morgan fingerprint density at radius 1 is 1.55 bits per heavy atom. The average molecular weight is 182 g/mol. The van der Waals surface area contributed by atoms with Crippen molar-refractivity contribution in [3.63, 3.8) is 0 Å². The van der Waals surface area contributed by atoms with Crippen LogP contribution in [-0.4, -0.2) is 22.2 Å². The maximum Gasteiger partial charge on any atom is 0.469 e. The minimum atomic E-state index is -4.38. The fourth-order valence-corrected chi connectivity index (χ4v) is 0.784. The van der Waals surface area contributed by atoms with Gasteiger partial charge in [-0.15, -0.1) is 0 Å². The van der Waals surface area contributed by atoms with Crippen LogP contribution in [0.25, 0.3) is 0 Å². The smallest absolute Gasteiger partial charge is 0.303 e. The van der Waals surface area contributed by atoms with Crippen LogP contribution in [0.5, 0.6) is 0 Å². The first-order chi connectivity index (χ1) is 4.95. The first kappa shape index (κ1) is 10.8. The van der Waals surface area contributed by atoms with Gasteiger partial charge in [0.05, 0.1) is 6.61 Å². The highest BCUT2D eigenvalue weighted by atomic mass is 31.2. The third-order valence-electron chi connectivity index (χ3n) is 1.03. The Labute approximate surface area is 64.6 Å². The van der Waals surface area contributed by atoms with Crippen molar-refractivity contribution in [3.8, 4) is 0 Å². The molecule has 0 bridgehead atoms. The molecule has 0 aliphatic carbocycles. The second kappa shape index (κ2) is 4.62. The van der Waals surface area contributed by atoms with Crippen LogP contribution in [0.1, 0.15) is 19.8 Å². The summed E-state index contributed by atoms with van der Waals surface area (Å²) in [5.74, 6) is -0.0709. The molecule has 6 heteroatoms. The lowest BCUT2D eigenvalue weighted by molar-refractivity contribution is -0.119. The first-order valence-electron chi connectivity index (χ1n) is 3.17. The van der Waals surface area contributed by atoms with Gasteiger partial charge in [-0.05, 0) is 0 Å². The molecule has 0 saturated carbocycles. The van der Waals surface area contributed by atoms with Gasteiger partial charge in [-0.2, -0.15) is 0 Å². The molecule has 2 N–H and O–H groups in total. The molecule has 0 heterocycles. The van der Waals surface area contributed by atoms with Crippen LogP contribution >= 0.6 is 7.82 Å². The van der Waals surface area contributed by atoms with Gasteiger partial charge in [-0.3, -0.25) is 9.32 Å². The van der Waals surface area contributed by atoms with Crippen LogP contribution in [0, 0.1) is 0 Å². The second-order valence-corrected chi connectivity index (χ2v) is 3.21. The lowest BCUT2D eigenvalue weighted by atomic mass is 10.2. The Kier molecular flexibility index (Phi) is 4.52. The normalized spacial score (nSPS) is 11.5. The molecular weight excluding hydrogens is 171 g/mol. The van der Waals surface area contributed by atoms with E-state index in [1.54, 1.807) is 6.92 Å². The molecule has 66 valence electrons. The zero-order valence-electron chi connectivity index (χ0n) is 6.19. The summed E-state index contributed by atoms with van der Waals surface area (Å²) in [6, 6.07) is 0. The van der Waals surface area contributed by atoms with Gasteiger partial charge in [0.15, 0.2) is 0 Å². The second-order valence-electron chi connectivity index (χ2n) is 1.97. The Morgan fingerprint density at radius 3 is 2.45 bits per heavy atom. The SMILES string of the molecule is CCC(=O)CCOP(=O)(O)O. The van der Waals surface area contributed by atoms with E-state index in [1.807, 2.05) is 0 Å². The highest BCUT2D eigenvalue weighted by Gasteiger charge is 2.13. The number of hydrogen-bond acceptors (Lipinski definition) is 3. The van der Waals surface area contributed by atoms with E-state index >= 15 is 0 Å². The highest BCUT2D eigenvalue weighted by molar-refractivity contribution is 7.46. The minimum absolute atomic E-state index is 0.0572. The van der Waals surface area contributed by atoms with Gasteiger partial charge in [0.1, 0.15) is 5.78 Å². The van der Waals surface area contributed by atoms with Crippen LogP contribution in [0.3, 0.4) is 0 Å². The summed E-state index contributed by atoms with van der Waals surface area (Å²) in [4.78, 5) is 26.9. The number of carbonyl (C=O) groups excluding carboxylic acids is 1. The van der Waals surface area contributed by atoms with Crippen molar-refractivity contribution >= 4 is 13.6 Å². The first-order valence-corrected chi connectivity index (χ1v) is 4.70. The van der Waals surface area contributed by atoms with Gasteiger partial charge in [0.2, 0.25) is 0 Å². The van der Waals surface area contributed by atoms with Gasteiger partial charge >= 0.3 is 7.82 Å². The molecule has 0 amide bonds. The molecule has 0 radical (unpaired) electrons. The summed E-state index contributed by atoms with van der Waals surface area (Å²) in [6.07, 6.45) is 0.423. The van der Waals surface area contributed by atoms with Crippen molar-refractivity contribution in [3.05, 3.63) is 0 Å². The van der Waals surface area contributed by atoms with Gasteiger partial charge in [0.25, 0.3) is 0 Å². The van der Waals surface area contributed by atoms with Crippen molar-refractivity contribution in [1.82, 2.24) is 0 Å². The Balaban J connectivity index is 3.43. The number of phosphoric ester groups is 1. The topological polar surface area (TPSA) is 83.8 Å². The van der Waals surface area contributed by atoms with Crippen molar-refractivity contribution in [2.45, 2.75) is 19.8 Å². The van der Waals surface area contributed by atoms with Crippen molar-refractivity contribution in [2.75, 3.05) is 6.61 Å². The number of hydrogen-bond donors (Lipinski definition) is 2. The summed E-state index contributed by atoms with van der Waals surface area (Å²) in [7, 11) is -4.38. The molecule has 0 atom stereocenters. The summed E-state index contributed by atoms with van der Waals surface area (Å²) < 4.78 is 14.1. The minimum Gasteiger partial charge on any atom is -0.303 e. The number of ketones is 1. The van der Waals surface area contributed by atoms with E-state index in [0.717, 1.165) is 0 Å².